The number of aliphatic hydroxyl groups is 2. The second kappa shape index (κ2) is 4.48. The van der Waals surface area contributed by atoms with Crippen molar-refractivity contribution in [1.82, 2.24) is 0 Å². The number of hydrogen-bond acceptors (Lipinski definition) is 2. The fraction of sp³-hybridized carbons (Fsp3) is 0.167. The third-order valence-corrected chi connectivity index (χ3v) is 1.86. The third-order valence-electron chi connectivity index (χ3n) is 1.86. The number of terminal acetylenes is 2. The van der Waals surface area contributed by atoms with Gasteiger partial charge in [-0.05, 0) is 17.2 Å². The van der Waals surface area contributed by atoms with Crippen LogP contribution in [0.1, 0.15) is 23.3 Å². The van der Waals surface area contributed by atoms with Crippen LogP contribution in [0.3, 0.4) is 0 Å². The zero-order valence-electron chi connectivity index (χ0n) is 7.51. The van der Waals surface area contributed by atoms with Gasteiger partial charge in [0.1, 0.15) is 12.2 Å². The first-order valence-corrected chi connectivity index (χ1v) is 4.07. The lowest BCUT2D eigenvalue weighted by Gasteiger charge is -2.08. The summed E-state index contributed by atoms with van der Waals surface area (Å²) in [4.78, 5) is 0. The van der Waals surface area contributed by atoms with E-state index in [1.807, 2.05) is 0 Å². The van der Waals surface area contributed by atoms with Crippen LogP contribution in [-0.2, 0) is 0 Å². The van der Waals surface area contributed by atoms with Gasteiger partial charge in [0.05, 0.1) is 0 Å². The number of benzene rings is 1. The Morgan fingerprint density at radius 2 is 1.43 bits per heavy atom. The van der Waals surface area contributed by atoms with Crippen LogP contribution >= 0.6 is 0 Å². The third kappa shape index (κ3) is 2.14. The van der Waals surface area contributed by atoms with E-state index < -0.39 is 12.2 Å². The first-order chi connectivity index (χ1) is 6.69. The molecular weight excluding hydrogens is 176 g/mol. The van der Waals surface area contributed by atoms with Crippen molar-refractivity contribution in [2.75, 3.05) is 0 Å². The molecule has 1 aromatic carbocycles. The Hall–Kier alpha value is -1.74. The molecule has 2 N–H and O–H groups in total. The van der Waals surface area contributed by atoms with Gasteiger partial charge in [-0.2, -0.15) is 0 Å². The van der Waals surface area contributed by atoms with Gasteiger partial charge in [0.15, 0.2) is 0 Å². The van der Waals surface area contributed by atoms with Gasteiger partial charge in [-0.15, -0.1) is 12.8 Å². The summed E-state index contributed by atoms with van der Waals surface area (Å²) in [5, 5.41) is 18.7. The van der Waals surface area contributed by atoms with Crippen LogP contribution in [0.5, 0.6) is 0 Å². The van der Waals surface area contributed by atoms with Crippen molar-refractivity contribution in [3.63, 3.8) is 0 Å². The van der Waals surface area contributed by atoms with Gasteiger partial charge in [-0.25, -0.2) is 0 Å². The van der Waals surface area contributed by atoms with Gasteiger partial charge in [-0.1, -0.05) is 30.0 Å². The molecule has 0 heterocycles. The molecule has 1 rings (SSSR count). The zero-order chi connectivity index (χ0) is 10.6. The molecule has 2 atom stereocenters. The summed E-state index contributed by atoms with van der Waals surface area (Å²) in [7, 11) is 0. The van der Waals surface area contributed by atoms with Crippen molar-refractivity contribution >= 4 is 0 Å². The highest BCUT2D eigenvalue weighted by molar-refractivity contribution is 5.32. The molecule has 70 valence electrons. The highest BCUT2D eigenvalue weighted by Crippen LogP contribution is 2.18. The summed E-state index contributed by atoms with van der Waals surface area (Å²) in [6.07, 6.45) is 8.20. The van der Waals surface area contributed by atoms with Crippen molar-refractivity contribution < 1.29 is 10.2 Å². The van der Waals surface area contributed by atoms with Crippen molar-refractivity contribution in [2.24, 2.45) is 0 Å². The van der Waals surface area contributed by atoms with E-state index in [4.69, 9.17) is 12.8 Å². The molecule has 0 saturated carbocycles. The Kier molecular flexibility index (Phi) is 3.31. The zero-order valence-corrected chi connectivity index (χ0v) is 7.51. The van der Waals surface area contributed by atoms with Gasteiger partial charge in [-0.3, -0.25) is 0 Å². The first-order valence-electron chi connectivity index (χ1n) is 4.07. The fourth-order valence-corrected chi connectivity index (χ4v) is 1.09. The predicted octanol–water partition coefficient (Wildman–Crippen LogP) is 1.02. The van der Waals surface area contributed by atoms with E-state index in [0.29, 0.717) is 11.1 Å². The Bertz CT molecular complexity index is 360. The highest BCUT2D eigenvalue weighted by Gasteiger charge is 2.07. The second-order valence-corrected chi connectivity index (χ2v) is 2.81. The monoisotopic (exact) mass is 186 g/mol. The van der Waals surface area contributed by atoms with Crippen LogP contribution in [0.4, 0.5) is 0 Å². The van der Waals surface area contributed by atoms with E-state index in [2.05, 4.69) is 11.8 Å². The molecule has 14 heavy (non-hydrogen) atoms. The highest BCUT2D eigenvalue weighted by atomic mass is 16.3. The SMILES string of the molecule is C#CC(O)c1cccc(C(O)C#C)c1. The molecule has 0 spiro atoms. The summed E-state index contributed by atoms with van der Waals surface area (Å²) in [6.45, 7) is 0. The van der Waals surface area contributed by atoms with E-state index >= 15 is 0 Å². The minimum atomic E-state index is -0.958. The quantitative estimate of drug-likeness (QED) is 0.677. The Morgan fingerprint density at radius 1 is 1.00 bits per heavy atom. The molecule has 0 aliphatic heterocycles. The van der Waals surface area contributed by atoms with E-state index in [1.165, 1.54) is 0 Å². The summed E-state index contributed by atoms with van der Waals surface area (Å²) in [5.41, 5.74) is 1.11. The molecule has 0 fully saturated rings. The molecule has 1 aromatic rings. The molecule has 0 amide bonds. The summed E-state index contributed by atoms with van der Waals surface area (Å²) < 4.78 is 0. The van der Waals surface area contributed by atoms with E-state index in [-0.39, 0.29) is 0 Å². The first kappa shape index (κ1) is 10.3. The minimum absolute atomic E-state index is 0.555. The standard InChI is InChI=1S/C12H10O2/c1-3-11(13)9-6-5-7-10(8-9)12(14)4-2/h1-2,5-8,11-14H. The van der Waals surface area contributed by atoms with Gasteiger partial charge in [0.25, 0.3) is 0 Å². The molecule has 0 aromatic heterocycles. The van der Waals surface area contributed by atoms with Crippen LogP contribution in [-0.4, -0.2) is 10.2 Å². The maximum absolute atomic E-state index is 9.34. The van der Waals surface area contributed by atoms with Gasteiger partial charge in [0.2, 0.25) is 0 Å². The summed E-state index contributed by atoms with van der Waals surface area (Å²) in [5.74, 6) is 4.38. The van der Waals surface area contributed by atoms with Crippen molar-refractivity contribution in [3.05, 3.63) is 35.4 Å². The smallest absolute Gasteiger partial charge is 0.139 e. The largest absolute Gasteiger partial charge is 0.376 e. The average Bonchev–Trinajstić information content (AvgIpc) is 2.27. The van der Waals surface area contributed by atoms with Crippen LogP contribution < -0.4 is 0 Å². The molecule has 0 aliphatic rings. The van der Waals surface area contributed by atoms with E-state index in [1.54, 1.807) is 24.3 Å². The average molecular weight is 186 g/mol. The summed E-state index contributed by atoms with van der Waals surface area (Å²) in [6, 6.07) is 6.63. The number of rotatable bonds is 2. The van der Waals surface area contributed by atoms with E-state index in [0.717, 1.165) is 0 Å². The predicted molar refractivity (Wildman–Crippen MR) is 54.0 cm³/mol. The van der Waals surface area contributed by atoms with Gasteiger partial charge in [0, 0.05) is 0 Å². The lowest BCUT2D eigenvalue weighted by molar-refractivity contribution is 0.232. The molecule has 0 bridgehead atoms. The Balaban J connectivity index is 3.03. The molecule has 2 heteroatoms. The van der Waals surface area contributed by atoms with Crippen LogP contribution in [0.2, 0.25) is 0 Å². The van der Waals surface area contributed by atoms with Crippen molar-refractivity contribution in [3.8, 4) is 24.7 Å². The van der Waals surface area contributed by atoms with Crippen molar-refractivity contribution in [1.29, 1.82) is 0 Å². The van der Waals surface area contributed by atoms with Crippen molar-refractivity contribution in [2.45, 2.75) is 12.2 Å². The molecule has 2 unspecified atom stereocenters. The van der Waals surface area contributed by atoms with Gasteiger partial charge >= 0.3 is 0 Å². The topological polar surface area (TPSA) is 40.5 Å². The molecule has 0 aliphatic carbocycles. The van der Waals surface area contributed by atoms with Gasteiger partial charge < -0.3 is 10.2 Å². The Labute approximate surface area is 83.2 Å². The second-order valence-electron chi connectivity index (χ2n) is 2.81. The lowest BCUT2D eigenvalue weighted by Crippen LogP contribution is -1.98. The normalized spacial score (nSPS) is 13.7. The maximum Gasteiger partial charge on any atom is 0.139 e. The molecular formula is C12H10O2. The Morgan fingerprint density at radius 3 is 1.79 bits per heavy atom. The van der Waals surface area contributed by atoms with Crippen LogP contribution in [0.25, 0.3) is 0 Å². The minimum Gasteiger partial charge on any atom is -0.376 e. The number of aliphatic hydroxyl groups excluding tert-OH is 2. The van der Waals surface area contributed by atoms with E-state index in [9.17, 15) is 10.2 Å². The van der Waals surface area contributed by atoms with Crippen LogP contribution in [0.15, 0.2) is 24.3 Å². The van der Waals surface area contributed by atoms with Crippen LogP contribution in [0, 0.1) is 24.7 Å². The maximum atomic E-state index is 9.34. The fourth-order valence-electron chi connectivity index (χ4n) is 1.09. The molecule has 2 nitrogen and oxygen atoms in total. The molecule has 0 saturated heterocycles. The number of hydrogen-bond donors (Lipinski definition) is 2. The molecule has 0 radical (unpaired) electrons. The lowest BCUT2D eigenvalue weighted by atomic mass is 10.0. The summed E-state index contributed by atoms with van der Waals surface area (Å²) >= 11 is 0.